The summed E-state index contributed by atoms with van der Waals surface area (Å²) in [5.41, 5.74) is -6.14. The first kappa shape index (κ1) is 18.8. The molecule has 1 aromatic heterocycles. The first-order chi connectivity index (χ1) is 11.4. The van der Waals surface area contributed by atoms with Gasteiger partial charge in [-0.3, -0.25) is 4.79 Å². The van der Waals surface area contributed by atoms with Gasteiger partial charge in [0.05, 0.1) is 6.61 Å². The number of aromatic amines is 1. The van der Waals surface area contributed by atoms with Gasteiger partial charge in [-0.2, -0.15) is 22.0 Å². The van der Waals surface area contributed by atoms with Crippen molar-refractivity contribution in [2.45, 2.75) is 25.9 Å². The molecular formula is C15H11F6NO3. The number of fused-ring (bicyclic) bond motifs is 1. The highest BCUT2D eigenvalue weighted by molar-refractivity contribution is 5.89. The largest absolute Gasteiger partial charge is 0.461 e. The van der Waals surface area contributed by atoms with Crippen LogP contribution in [0.4, 0.5) is 26.3 Å². The Hall–Kier alpha value is -2.52. The number of hydrogen-bond donors (Lipinski definition) is 1. The van der Waals surface area contributed by atoms with E-state index in [4.69, 9.17) is 0 Å². The summed E-state index contributed by atoms with van der Waals surface area (Å²) in [4.78, 5) is 25.2. The van der Waals surface area contributed by atoms with Crippen LogP contribution < -0.4 is 5.56 Å². The van der Waals surface area contributed by atoms with Crippen LogP contribution in [-0.4, -0.2) is 17.6 Å². The van der Waals surface area contributed by atoms with Crippen molar-refractivity contribution in [3.8, 4) is 0 Å². The number of benzene rings is 1. The molecule has 0 fully saturated rings. The number of esters is 1. The summed E-state index contributed by atoms with van der Waals surface area (Å²) in [5, 5.41) is -0.953. The third-order valence-corrected chi connectivity index (χ3v) is 3.51. The summed E-state index contributed by atoms with van der Waals surface area (Å²) in [6.07, 6.45) is -5.21. The molecule has 0 bridgehead atoms. The van der Waals surface area contributed by atoms with Gasteiger partial charge in [-0.15, -0.1) is 0 Å². The fourth-order valence-electron chi connectivity index (χ4n) is 2.53. The molecule has 0 spiro atoms. The van der Waals surface area contributed by atoms with Gasteiger partial charge in [0.2, 0.25) is 0 Å². The fourth-order valence-corrected chi connectivity index (χ4v) is 2.53. The predicted octanol–water partition coefficient (Wildman–Crippen LogP) is 3.65. The smallest absolute Gasteiger partial charge is 0.419 e. The normalized spacial score (nSPS) is 12.5. The average molecular weight is 367 g/mol. The Morgan fingerprint density at radius 2 is 1.76 bits per heavy atom. The standard InChI is InChI=1S/C15H11F6NO3/c1-3-25-13(24)14(17,18)10-6(2)9-8(22-12(10)23)5-4-7(16)11(9)15(19,20)21/h4-5H,3H2,1-2H3,(H,22,23). The number of aromatic nitrogens is 1. The van der Waals surface area contributed by atoms with Gasteiger partial charge in [0, 0.05) is 10.9 Å². The minimum absolute atomic E-state index is 0.429. The molecule has 2 rings (SSSR count). The van der Waals surface area contributed by atoms with E-state index in [-0.39, 0.29) is 0 Å². The number of ether oxygens (including phenoxy) is 1. The number of aryl methyl sites for hydroxylation is 1. The lowest BCUT2D eigenvalue weighted by molar-refractivity contribution is -0.173. The van der Waals surface area contributed by atoms with Crippen LogP contribution in [0.3, 0.4) is 0 Å². The highest BCUT2D eigenvalue weighted by atomic mass is 19.4. The van der Waals surface area contributed by atoms with E-state index in [1.54, 1.807) is 0 Å². The highest BCUT2D eigenvalue weighted by Gasteiger charge is 2.47. The van der Waals surface area contributed by atoms with Crippen LogP contribution in [0.15, 0.2) is 16.9 Å². The second-order valence-corrected chi connectivity index (χ2v) is 5.09. The number of pyridine rings is 1. The van der Waals surface area contributed by atoms with Crippen LogP contribution in [-0.2, 0) is 21.6 Å². The van der Waals surface area contributed by atoms with Crippen molar-refractivity contribution in [1.29, 1.82) is 0 Å². The molecule has 0 aliphatic carbocycles. The molecule has 10 heteroatoms. The van der Waals surface area contributed by atoms with Crippen molar-refractivity contribution in [2.75, 3.05) is 6.61 Å². The van der Waals surface area contributed by atoms with Crippen LogP contribution >= 0.6 is 0 Å². The maximum absolute atomic E-state index is 14.2. The molecule has 2 aromatic rings. The summed E-state index contributed by atoms with van der Waals surface area (Å²) in [7, 11) is 0. The van der Waals surface area contributed by atoms with Gasteiger partial charge in [0.25, 0.3) is 5.56 Å². The zero-order valence-electron chi connectivity index (χ0n) is 12.9. The van der Waals surface area contributed by atoms with Gasteiger partial charge in [0.15, 0.2) is 0 Å². The van der Waals surface area contributed by atoms with Crippen molar-refractivity contribution in [1.82, 2.24) is 4.98 Å². The van der Waals surface area contributed by atoms with E-state index in [0.29, 0.717) is 6.07 Å². The molecule has 136 valence electrons. The molecule has 0 unspecified atom stereocenters. The molecule has 0 saturated carbocycles. The Balaban J connectivity index is 2.94. The lowest BCUT2D eigenvalue weighted by Crippen LogP contribution is -2.35. The van der Waals surface area contributed by atoms with Crippen LogP contribution in [0.25, 0.3) is 10.9 Å². The first-order valence-electron chi connectivity index (χ1n) is 6.90. The Morgan fingerprint density at radius 3 is 2.28 bits per heavy atom. The SMILES string of the molecule is CCOC(=O)C(F)(F)c1c(C)c2c(C(F)(F)F)c(F)ccc2[nH]c1=O. The third kappa shape index (κ3) is 3.08. The van der Waals surface area contributed by atoms with Gasteiger partial charge < -0.3 is 9.72 Å². The average Bonchev–Trinajstić information content (AvgIpc) is 2.46. The van der Waals surface area contributed by atoms with Crippen molar-refractivity contribution in [3.05, 3.63) is 45.0 Å². The lowest BCUT2D eigenvalue weighted by Gasteiger charge is -2.19. The van der Waals surface area contributed by atoms with E-state index < -0.39 is 63.6 Å². The highest BCUT2D eigenvalue weighted by Crippen LogP contribution is 2.40. The number of H-pyrrole nitrogens is 1. The van der Waals surface area contributed by atoms with Crippen LogP contribution in [0.2, 0.25) is 0 Å². The van der Waals surface area contributed by atoms with E-state index in [9.17, 15) is 35.9 Å². The number of carbonyl (C=O) groups excluding carboxylic acids is 1. The molecule has 0 radical (unpaired) electrons. The van der Waals surface area contributed by atoms with Crippen molar-refractivity contribution in [3.63, 3.8) is 0 Å². The van der Waals surface area contributed by atoms with Gasteiger partial charge in [-0.05, 0) is 31.5 Å². The van der Waals surface area contributed by atoms with E-state index in [1.807, 2.05) is 4.98 Å². The molecule has 0 aliphatic rings. The van der Waals surface area contributed by atoms with Gasteiger partial charge in [-0.1, -0.05) is 0 Å². The number of alkyl halides is 5. The minimum Gasteiger partial charge on any atom is -0.461 e. The Kier molecular flexibility index (Phi) is 4.58. The summed E-state index contributed by atoms with van der Waals surface area (Å²) in [6.45, 7) is 1.60. The van der Waals surface area contributed by atoms with E-state index in [2.05, 4.69) is 4.74 Å². The number of rotatable bonds is 3. The van der Waals surface area contributed by atoms with Gasteiger partial charge in [-0.25, -0.2) is 9.18 Å². The molecule has 1 N–H and O–H groups in total. The third-order valence-electron chi connectivity index (χ3n) is 3.51. The molecule has 25 heavy (non-hydrogen) atoms. The maximum atomic E-state index is 14.2. The number of nitrogens with one attached hydrogen (secondary N) is 1. The Bertz CT molecular complexity index is 901. The molecule has 0 saturated heterocycles. The van der Waals surface area contributed by atoms with Crippen LogP contribution in [0.1, 0.15) is 23.6 Å². The zero-order valence-corrected chi connectivity index (χ0v) is 12.9. The molecule has 0 aliphatic heterocycles. The summed E-state index contributed by atoms with van der Waals surface area (Å²) < 4.78 is 85.8. The monoisotopic (exact) mass is 367 g/mol. The molecule has 0 amide bonds. The van der Waals surface area contributed by atoms with Crippen LogP contribution in [0, 0.1) is 12.7 Å². The summed E-state index contributed by atoms with van der Waals surface area (Å²) in [6, 6.07) is 1.28. The fraction of sp³-hybridized carbons (Fsp3) is 0.333. The summed E-state index contributed by atoms with van der Waals surface area (Å²) >= 11 is 0. The number of halogens is 6. The Morgan fingerprint density at radius 1 is 1.16 bits per heavy atom. The Labute approximate surface area is 136 Å². The molecule has 4 nitrogen and oxygen atoms in total. The van der Waals surface area contributed by atoms with Crippen LogP contribution in [0.5, 0.6) is 0 Å². The number of carbonyl (C=O) groups is 1. The van der Waals surface area contributed by atoms with E-state index >= 15 is 0 Å². The molecule has 0 atom stereocenters. The first-order valence-corrected chi connectivity index (χ1v) is 6.90. The second kappa shape index (κ2) is 6.08. The minimum atomic E-state index is -5.21. The molecule has 1 aromatic carbocycles. The summed E-state index contributed by atoms with van der Waals surface area (Å²) in [5.74, 6) is -8.29. The lowest BCUT2D eigenvalue weighted by atomic mass is 9.96. The number of hydrogen-bond acceptors (Lipinski definition) is 3. The van der Waals surface area contributed by atoms with Crippen molar-refractivity contribution in [2.24, 2.45) is 0 Å². The predicted molar refractivity (Wildman–Crippen MR) is 74.8 cm³/mol. The molecular weight excluding hydrogens is 356 g/mol. The second-order valence-electron chi connectivity index (χ2n) is 5.09. The van der Waals surface area contributed by atoms with Gasteiger partial charge in [0.1, 0.15) is 16.9 Å². The molecule has 1 heterocycles. The van der Waals surface area contributed by atoms with Crippen molar-refractivity contribution < 1.29 is 35.9 Å². The van der Waals surface area contributed by atoms with Crippen molar-refractivity contribution >= 4 is 16.9 Å². The van der Waals surface area contributed by atoms with E-state index in [0.717, 1.165) is 13.0 Å². The topological polar surface area (TPSA) is 59.2 Å². The quantitative estimate of drug-likeness (QED) is 0.666. The van der Waals surface area contributed by atoms with Gasteiger partial charge >= 0.3 is 18.1 Å². The maximum Gasteiger partial charge on any atom is 0.419 e. The van der Waals surface area contributed by atoms with E-state index in [1.165, 1.54) is 6.92 Å². The zero-order chi connectivity index (χ0) is 19.2.